The number of carbonyl (C=O) groups excluding carboxylic acids is 2. The minimum absolute atomic E-state index is 0.206. The van der Waals surface area contributed by atoms with Crippen molar-refractivity contribution in [3.8, 4) is 34.4 Å². The molecule has 0 bridgehead atoms. The molecule has 6 aromatic rings. The van der Waals surface area contributed by atoms with E-state index < -0.39 is 6.04 Å². The predicted molar refractivity (Wildman–Crippen MR) is 224 cm³/mol. The summed E-state index contributed by atoms with van der Waals surface area (Å²) in [5, 5.41) is 13.2. The van der Waals surface area contributed by atoms with Crippen molar-refractivity contribution in [2.24, 2.45) is 0 Å². The average Bonchev–Trinajstić information content (AvgIpc) is 3.25. The van der Waals surface area contributed by atoms with E-state index in [0.717, 1.165) is 44.5 Å². The Morgan fingerprint density at radius 1 is 0.828 bits per heavy atom. The summed E-state index contributed by atoms with van der Waals surface area (Å²) in [6.45, 7) is 3.26. The molecule has 2 aliphatic rings. The van der Waals surface area contributed by atoms with Gasteiger partial charge < -0.3 is 24.4 Å². The molecule has 2 amide bonds. The Hall–Kier alpha value is -6.27. The van der Waals surface area contributed by atoms with Gasteiger partial charge in [-0.1, -0.05) is 95.5 Å². The van der Waals surface area contributed by atoms with Crippen molar-refractivity contribution in [2.75, 3.05) is 13.2 Å². The van der Waals surface area contributed by atoms with Gasteiger partial charge in [-0.25, -0.2) is 0 Å². The van der Waals surface area contributed by atoms with E-state index in [0.29, 0.717) is 71.0 Å². The number of halogens is 2. The summed E-state index contributed by atoms with van der Waals surface area (Å²) in [5.41, 5.74) is 8.96. The molecule has 6 aromatic carbocycles. The van der Waals surface area contributed by atoms with Gasteiger partial charge in [-0.15, -0.1) is 0 Å². The van der Waals surface area contributed by atoms with E-state index in [1.807, 2.05) is 116 Å². The predicted octanol–water partition coefficient (Wildman–Crippen LogP) is 9.86. The van der Waals surface area contributed by atoms with Gasteiger partial charge in [0.1, 0.15) is 25.0 Å². The quantitative estimate of drug-likeness (QED) is 0.148. The van der Waals surface area contributed by atoms with Crippen LogP contribution in [0.4, 0.5) is 0 Å². The minimum atomic E-state index is -0.716. The molecule has 290 valence electrons. The summed E-state index contributed by atoms with van der Waals surface area (Å²) in [6, 6.07) is 41.6. The van der Waals surface area contributed by atoms with Crippen LogP contribution in [0.25, 0.3) is 11.1 Å². The maximum atomic E-state index is 14.1. The van der Waals surface area contributed by atoms with Crippen molar-refractivity contribution in [3.05, 3.63) is 182 Å². The van der Waals surface area contributed by atoms with Gasteiger partial charge in [0, 0.05) is 25.1 Å². The number of nitrogens with zero attached hydrogens (tertiary/aromatic N) is 2. The normalized spacial score (nSPS) is 15.5. The molecule has 1 N–H and O–H groups in total. The number of amides is 2. The molecule has 0 fully saturated rings. The molecule has 2 atom stereocenters. The number of nitriles is 1. The lowest BCUT2D eigenvalue weighted by molar-refractivity contribution is -0.126. The van der Waals surface area contributed by atoms with Crippen LogP contribution in [-0.4, -0.2) is 35.9 Å². The van der Waals surface area contributed by atoms with Crippen LogP contribution in [0.15, 0.2) is 127 Å². The van der Waals surface area contributed by atoms with Crippen LogP contribution in [-0.2, 0) is 30.8 Å². The number of rotatable bonds is 10. The Kier molecular flexibility index (Phi) is 11.4. The maximum Gasteiger partial charge on any atom is 0.254 e. The van der Waals surface area contributed by atoms with Crippen molar-refractivity contribution < 1.29 is 23.8 Å². The number of hydrogen-bond acceptors (Lipinski definition) is 6. The monoisotopic (exact) mass is 807 g/mol. The molecular weight excluding hydrogens is 769 g/mol. The van der Waals surface area contributed by atoms with Crippen molar-refractivity contribution >= 4 is 35.0 Å². The summed E-state index contributed by atoms with van der Waals surface area (Å²) in [4.78, 5) is 29.7. The number of fused-ring (bicyclic) bond motifs is 2. The highest BCUT2D eigenvalue weighted by atomic mass is 35.5. The third-order valence-corrected chi connectivity index (χ3v) is 11.3. The Morgan fingerprint density at radius 3 is 2.28 bits per heavy atom. The summed E-state index contributed by atoms with van der Waals surface area (Å²) < 4.78 is 18.7. The molecule has 58 heavy (non-hydrogen) atoms. The number of aryl methyl sites for hydroxylation is 1. The van der Waals surface area contributed by atoms with Crippen LogP contribution in [0, 0.1) is 18.3 Å². The van der Waals surface area contributed by atoms with Crippen LogP contribution < -0.4 is 19.5 Å². The highest BCUT2D eigenvalue weighted by Gasteiger charge is 2.37. The van der Waals surface area contributed by atoms with Crippen molar-refractivity contribution in [2.45, 2.75) is 45.1 Å². The van der Waals surface area contributed by atoms with Gasteiger partial charge in [0.05, 0.1) is 21.7 Å². The number of nitrogens with one attached hydrogen (secondary N) is 1. The molecule has 0 saturated carbocycles. The van der Waals surface area contributed by atoms with Crippen LogP contribution in [0.2, 0.25) is 10.0 Å². The summed E-state index contributed by atoms with van der Waals surface area (Å²) in [5.74, 6) is 1.49. The van der Waals surface area contributed by atoms with Gasteiger partial charge in [-0.05, 0) is 113 Å². The topological polar surface area (TPSA) is 101 Å². The zero-order chi connectivity index (χ0) is 40.2. The summed E-state index contributed by atoms with van der Waals surface area (Å²) >= 11 is 12.2. The summed E-state index contributed by atoms with van der Waals surface area (Å²) in [7, 11) is 0. The molecule has 2 aliphatic heterocycles. The molecule has 2 unspecified atom stereocenters. The van der Waals surface area contributed by atoms with Crippen molar-refractivity contribution in [1.29, 1.82) is 5.26 Å². The molecule has 0 aliphatic carbocycles. The van der Waals surface area contributed by atoms with Crippen LogP contribution in [0.1, 0.15) is 55.4 Å². The second-order valence-electron chi connectivity index (χ2n) is 14.5. The SMILES string of the molecule is Cc1cccc(C(=O)N2Cc3cc4c(cc3CC2C(=O)NCCc2ccc(-c3ccc(C#N)cc3)cc2)OCC(c2ccc(OCc3ccc(Cl)c(Cl)c3)cc2)O4)c1. The van der Waals surface area contributed by atoms with E-state index in [2.05, 4.69) is 11.4 Å². The fraction of sp³-hybridized carbons (Fsp3) is 0.188. The van der Waals surface area contributed by atoms with Crippen LogP contribution >= 0.6 is 23.2 Å². The molecule has 0 aromatic heterocycles. The number of hydrogen-bond donors (Lipinski definition) is 1. The minimum Gasteiger partial charge on any atom is -0.489 e. The second kappa shape index (κ2) is 17.1. The van der Waals surface area contributed by atoms with E-state index in [9.17, 15) is 9.59 Å². The number of benzene rings is 6. The van der Waals surface area contributed by atoms with Crippen molar-refractivity contribution in [1.82, 2.24) is 10.2 Å². The largest absolute Gasteiger partial charge is 0.489 e. The number of ether oxygens (including phenoxy) is 3. The van der Waals surface area contributed by atoms with Crippen LogP contribution in [0.3, 0.4) is 0 Å². The summed E-state index contributed by atoms with van der Waals surface area (Å²) in [6.07, 6.45) is 0.610. The van der Waals surface area contributed by atoms with E-state index in [1.54, 1.807) is 23.1 Å². The molecule has 2 heterocycles. The van der Waals surface area contributed by atoms with Gasteiger partial charge in [0.25, 0.3) is 5.91 Å². The third-order valence-electron chi connectivity index (χ3n) is 10.5. The van der Waals surface area contributed by atoms with Gasteiger partial charge in [0.2, 0.25) is 5.91 Å². The van der Waals surface area contributed by atoms with Gasteiger partial charge in [-0.3, -0.25) is 9.59 Å². The fourth-order valence-electron chi connectivity index (χ4n) is 7.33. The Balaban J connectivity index is 0.944. The van der Waals surface area contributed by atoms with E-state index in [4.69, 9.17) is 42.7 Å². The van der Waals surface area contributed by atoms with Gasteiger partial charge in [0.15, 0.2) is 17.6 Å². The second-order valence-corrected chi connectivity index (χ2v) is 15.4. The van der Waals surface area contributed by atoms with Gasteiger partial charge in [-0.2, -0.15) is 5.26 Å². The first-order valence-electron chi connectivity index (χ1n) is 19.1. The van der Waals surface area contributed by atoms with E-state index >= 15 is 0 Å². The molecule has 0 radical (unpaired) electrons. The van der Waals surface area contributed by atoms with Gasteiger partial charge >= 0.3 is 0 Å². The lowest BCUT2D eigenvalue weighted by Crippen LogP contribution is -2.52. The Labute approximate surface area is 347 Å². The lowest BCUT2D eigenvalue weighted by Gasteiger charge is -2.37. The van der Waals surface area contributed by atoms with E-state index in [1.165, 1.54) is 0 Å². The molecular formula is C48H39Cl2N3O5. The molecule has 0 saturated heterocycles. The average molecular weight is 809 g/mol. The van der Waals surface area contributed by atoms with E-state index in [-0.39, 0.29) is 24.5 Å². The molecule has 8 rings (SSSR count). The highest BCUT2D eigenvalue weighted by molar-refractivity contribution is 6.42. The lowest BCUT2D eigenvalue weighted by atomic mass is 9.91. The Morgan fingerprint density at radius 2 is 1.55 bits per heavy atom. The van der Waals surface area contributed by atoms with Crippen LogP contribution in [0.5, 0.6) is 17.2 Å². The first-order chi connectivity index (χ1) is 28.2. The molecule has 10 heteroatoms. The Bertz CT molecular complexity index is 2520. The first kappa shape index (κ1) is 38.6. The first-order valence-corrected chi connectivity index (χ1v) is 19.8. The van der Waals surface area contributed by atoms with Crippen molar-refractivity contribution in [3.63, 3.8) is 0 Å². The third kappa shape index (κ3) is 8.67. The fourth-order valence-corrected chi connectivity index (χ4v) is 7.65. The standard InChI is InChI=1S/C48H39Cl2N3O5/c1-30-3-2-4-37(21-30)48(55)53-27-39-25-45-44(57-29-46(58-45)36-14-16-40(17-15-36)56-28-33-9-18-41(49)42(50)22-33)24-38(39)23-43(53)47(54)52-20-19-31-5-10-34(11-6-31)35-12-7-32(26-51)8-13-35/h2-18,21-22,24-25,43,46H,19-20,23,27-29H2,1H3,(H,52,54). The molecule has 0 spiro atoms. The molecule has 8 nitrogen and oxygen atoms in total. The zero-order valence-electron chi connectivity index (χ0n) is 31.7. The highest BCUT2D eigenvalue weighted by Crippen LogP contribution is 2.41. The maximum absolute atomic E-state index is 14.1. The number of carbonyl (C=O) groups is 2. The zero-order valence-corrected chi connectivity index (χ0v) is 33.2. The smallest absolute Gasteiger partial charge is 0.254 e.